The van der Waals surface area contributed by atoms with Gasteiger partial charge in [-0.2, -0.15) is 0 Å². The zero-order valence-corrected chi connectivity index (χ0v) is 14.2. The highest BCUT2D eigenvalue weighted by Crippen LogP contribution is 2.13. The fraction of sp³-hybridized carbons (Fsp3) is 0.250. The van der Waals surface area contributed by atoms with Crippen molar-refractivity contribution in [2.75, 3.05) is 6.54 Å². The molecule has 0 aliphatic heterocycles. The van der Waals surface area contributed by atoms with E-state index in [1.165, 1.54) is 0 Å². The van der Waals surface area contributed by atoms with Crippen molar-refractivity contribution in [1.82, 2.24) is 14.9 Å². The molecule has 5 heteroatoms. The molecule has 1 amide bonds. The fourth-order valence-corrected chi connectivity index (χ4v) is 2.76. The van der Waals surface area contributed by atoms with Crippen LogP contribution in [-0.2, 0) is 6.54 Å². The van der Waals surface area contributed by atoms with Crippen LogP contribution in [0.4, 0.5) is 0 Å². The Labute approximate surface area is 146 Å². The lowest BCUT2D eigenvalue weighted by Crippen LogP contribution is -2.34. The van der Waals surface area contributed by atoms with Gasteiger partial charge in [-0.15, -0.1) is 0 Å². The minimum Gasteiger partial charge on any atom is -0.352 e. The number of fused-ring (bicyclic) bond motifs is 1. The van der Waals surface area contributed by atoms with E-state index in [9.17, 15) is 9.59 Å². The fourth-order valence-electron chi connectivity index (χ4n) is 2.76. The maximum absolute atomic E-state index is 12.9. The third-order valence-electron chi connectivity index (χ3n) is 4.09. The van der Waals surface area contributed by atoms with Crippen molar-refractivity contribution >= 4 is 16.9 Å². The number of nitrogens with zero attached hydrogens (tertiary/aromatic N) is 2. The van der Waals surface area contributed by atoms with Crippen molar-refractivity contribution < 1.29 is 4.79 Å². The van der Waals surface area contributed by atoms with Crippen molar-refractivity contribution in [3.63, 3.8) is 0 Å². The molecule has 0 fully saturated rings. The Balaban J connectivity index is 2.06. The number of amides is 1. The summed E-state index contributed by atoms with van der Waals surface area (Å²) in [7, 11) is 0. The van der Waals surface area contributed by atoms with E-state index >= 15 is 0 Å². The van der Waals surface area contributed by atoms with Crippen LogP contribution in [0.1, 0.15) is 35.7 Å². The van der Waals surface area contributed by atoms with Crippen LogP contribution >= 0.6 is 0 Å². The quantitative estimate of drug-likeness (QED) is 0.704. The molecule has 0 saturated heterocycles. The van der Waals surface area contributed by atoms with Gasteiger partial charge in [-0.05, 0) is 30.2 Å². The number of carbonyl (C=O) groups excluding carboxylic acids is 1. The molecule has 0 atom stereocenters. The maximum Gasteiger partial charge on any atom is 0.265 e. The monoisotopic (exact) mass is 335 g/mol. The molecule has 0 radical (unpaired) electrons. The molecule has 25 heavy (non-hydrogen) atoms. The normalized spacial score (nSPS) is 10.8. The first-order chi connectivity index (χ1) is 12.2. The Morgan fingerprint density at radius 1 is 1.16 bits per heavy atom. The number of unbranched alkanes of at least 4 members (excludes halogenated alkanes) is 1. The lowest BCUT2D eigenvalue weighted by Gasteiger charge is -2.12. The first-order valence-electron chi connectivity index (χ1n) is 8.51. The molecule has 0 aliphatic carbocycles. The number of rotatable bonds is 6. The Bertz CT molecular complexity index is 933. The summed E-state index contributed by atoms with van der Waals surface area (Å²) in [4.78, 5) is 29.7. The van der Waals surface area contributed by atoms with Gasteiger partial charge in [0.05, 0.1) is 6.54 Å². The molecule has 0 saturated carbocycles. The van der Waals surface area contributed by atoms with Crippen LogP contribution in [0.2, 0.25) is 0 Å². The molecule has 1 aromatic carbocycles. The van der Waals surface area contributed by atoms with Crippen LogP contribution in [0.5, 0.6) is 0 Å². The molecule has 0 aliphatic rings. The summed E-state index contributed by atoms with van der Waals surface area (Å²) in [6.07, 6.45) is 3.53. The molecule has 128 valence electrons. The van der Waals surface area contributed by atoms with Crippen molar-refractivity contribution in [3.05, 3.63) is 76.2 Å². The van der Waals surface area contributed by atoms with Crippen LogP contribution in [0.3, 0.4) is 0 Å². The first-order valence-corrected chi connectivity index (χ1v) is 8.51. The van der Waals surface area contributed by atoms with E-state index in [1.54, 1.807) is 22.9 Å². The number of hydrogen-bond donors (Lipinski definition) is 1. The summed E-state index contributed by atoms with van der Waals surface area (Å²) in [5.41, 5.74) is 1.41. The Morgan fingerprint density at radius 3 is 2.72 bits per heavy atom. The van der Waals surface area contributed by atoms with Crippen molar-refractivity contribution in [1.29, 1.82) is 0 Å². The van der Waals surface area contributed by atoms with Crippen LogP contribution in [0.25, 0.3) is 11.0 Å². The smallest absolute Gasteiger partial charge is 0.265 e. The van der Waals surface area contributed by atoms with E-state index < -0.39 is 0 Å². The minimum atomic E-state index is -0.328. The number of benzene rings is 1. The topological polar surface area (TPSA) is 64.0 Å². The average Bonchev–Trinajstić information content (AvgIpc) is 2.65. The van der Waals surface area contributed by atoms with E-state index in [0.717, 1.165) is 23.8 Å². The predicted molar refractivity (Wildman–Crippen MR) is 98.8 cm³/mol. The van der Waals surface area contributed by atoms with Crippen LogP contribution in [0, 0.1) is 0 Å². The van der Waals surface area contributed by atoms with Gasteiger partial charge in [-0.3, -0.25) is 14.2 Å². The highest BCUT2D eigenvalue weighted by molar-refractivity contribution is 5.96. The summed E-state index contributed by atoms with van der Waals surface area (Å²) in [6, 6.07) is 15.0. The Morgan fingerprint density at radius 2 is 1.96 bits per heavy atom. The third kappa shape index (κ3) is 3.76. The number of hydrogen-bond acceptors (Lipinski definition) is 3. The van der Waals surface area contributed by atoms with Gasteiger partial charge in [-0.25, -0.2) is 4.98 Å². The number of carbonyl (C=O) groups is 1. The summed E-state index contributed by atoms with van der Waals surface area (Å²) in [5.74, 6) is -0.328. The summed E-state index contributed by atoms with van der Waals surface area (Å²) in [5, 5.41) is 3.60. The van der Waals surface area contributed by atoms with E-state index in [-0.39, 0.29) is 17.0 Å². The molecule has 5 nitrogen and oxygen atoms in total. The van der Waals surface area contributed by atoms with Gasteiger partial charge in [0.25, 0.3) is 11.5 Å². The van der Waals surface area contributed by atoms with E-state index in [2.05, 4.69) is 17.2 Å². The zero-order chi connectivity index (χ0) is 17.6. The van der Waals surface area contributed by atoms with Gasteiger partial charge in [0.2, 0.25) is 0 Å². The van der Waals surface area contributed by atoms with Crippen LogP contribution < -0.4 is 10.9 Å². The number of aromatic nitrogens is 2. The van der Waals surface area contributed by atoms with E-state index in [1.807, 2.05) is 36.4 Å². The third-order valence-corrected chi connectivity index (χ3v) is 4.09. The number of pyridine rings is 2. The second kappa shape index (κ2) is 7.75. The summed E-state index contributed by atoms with van der Waals surface area (Å²) >= 11 is 0. The largest absolute Gasteiger partial charge is 0.352 e. The standard InChI is InChI=1S/C20H21N3O2/c1-2-3-11-22-19(24)17-13-16-10-7-12-21-18(16)23(20(17)25)14-15-8-5-4-6-9-15/h4-10,12-13H,2-3,11,14H2,1H3,(H,22,24). The summed E-state index contributed by atoms with van der Waals surface area (Å²) in [6.45, 7) is 3.00. The molecule has 0 unspecified atom stereocenters. The van der Waals surface area contributed by atoms with Crippen LogP contribution in [0.15, 0.2) is 59.5 Å². The average molecular weight is 335 g/mol. The second-order valence-electron chi connectivity index (χ2n) is 5.96. The van der Waals surface area contributed by atoms with Gasteiger partial charge >= 0.3 is 0 Å². The Hall–Kier alpha value is -2.95. The van der Waals surface area contributed by atoms with E-state index in [4.69, 9.17) is 0 Å². The van der Waals surface area contributed by atoms with Gasteiger partial charge in [-0.1, -0.05) is 43.7 Å². The molecule has 2 heterocycles. The Kier molecular flexibility index (Phi) is 5.23. The molecule has 2 aromatic heterocycles. The van der Waals surface area contributed by atoms with Gasteiger partial charge in [0.1, 0.15) is 11.2 Å². The zero-order valence-electron chi connectivity index (χ0n) is 14.2. The highest BCUT2D eigenvalue weighted by Gasteiger charge is 2.16. The van der Waals surface area contributed by atoms with E-state index in [0.29, 0.717) is 18.7 Å². The van der Waals surface area contributed by atoms with Crippen molar-refractivity contribution in [2.24, 2.45) is 0 Å². The lowest BCUT2D eigenvalue weighted by molar-refractivity contribution is 0.0951. The van der Waals surface area contributed by atoms with Gasteiger partial charge in [0.15, 0.2) is 0 Å². The summed E-state index contributed by atoms with van der Waals surface area (Å²) < 4.78 is 1.57. The molecule has 3 aromatic rings. The minimum absolute atomic E-state index is 0.160. The molecule has 0 bridgehead atoms. The molecular weight excluding hydrogens is 314 g/mol. The highest BCUT2D eigenvalue weighted by atomic mass is 16.2. The van der Waals surface area contributed by atoms with Gasteiger partial charge in [0, 0.05) is 18.1 Å². The molecular formula is C20H21N3O2. The predicted octanol–water partition coefficient (Wildman–Crippen LogP) is 2.97. The lowest BCUT2D eigenvalue weighted by atomic mass is 10.1. The molecule has 1 N–H and O–H groups in total. The SMILES string of the molecule is CCCCNC(=O)c1cc2cccnc2n(Cc2ccccc2)c1=O. The van der Waals surface area contributed by atoms with Crippen molar-refractivity contribution in [2.45, 2.75) is 26.3 Å². The van der Waals surface area contributed by atoms with Gasteiger partial charge < -0.3 is 5.32 Å². The van der Waals surface area contributed by atoms with Crippen molar-refractivity contribution in [3.8, 4) is 0 Å². The maximum atomic E-state index is 12.9. The molecule has 0 spiro atoms. The first kappa shape index (κ1) is 16.9. The second-order valence-corrected chi connectivity index (χ2v) is 5.96. The molecule has 3 rings (SSSR count). The van der Waals surface area contributed by atoms with Crippen LogP contribution in [-0.4, -0.2) is 22.0 Å². The number of nitrogens with one attached hydrogen (secondary N) is 1.